The summed E-state index contributed by atoms with van der Waals surface area (Å²) in [6, 6.07) is 7.87. The van der Waals surface area contributed by atoms with Crippen LogP contribution in [0.1, 0.15) is 5.56 Å². The molecule has 3 heteroatoms. The van der Waals surface area contributed by atoms with E-state index in [1.165, 1.54) is 5.56 Å². The maximum Gasteiger partial charge on any atom is 0.0420 e. The van der Waals surface area contributed by atoms with Gasteiger partial charge in [-0.3, -0.25) is 0 Å². The Bertz CT molecular complexity index is 183. The summed E-state index contributed by atoms with van der Waals surface area (Å²) in [4.78, 5) is 8.66. The first kappa shape index (κ1) is 9.57. The van der Waals surface area contributed by atoms with Gasteiger partial charge in [0, 0.05) is 8.81 Å². The van der Waals surface area contributed by atoms with Crippen LogP contribution >= 0.6 is 8.81 Å². The average molecular weight is 158 g/mol. The fraction of sp³-hybridized carbons (Fsp3) is 0.143. The van der Waals surface area contributed by atoms with Crippen LogP contribution in [0.2, 0.25) is 0 Å². The molecule has 1 aromatic rings. The molecule has 0 aliphatic carbocycles. The largest absolute Gasteiger partial charge is 0.412 e. The van der Waals surface area contributed by atoms with E-state index in [4.69, 9.17) is 4.89 Å². The summed E-state index contributed by atoms with van der Waals surface area (Å²) in [5.74, 6) is 0. The van der Waals surface area contributed by atoms with E-state index in [2.05, 4.69) is 0 Å². The Morgan fingerprint density at radius 2 is 1.70 bits per heavy atom. The van der Waals surface area contributed by atoms with E-state index in [0.29, 0.717) is 0 Å². The van der Waals surface area contributed by atoms with Gasteiger partial charge in [0.2, 0.25) is 0 Å². The minimum Gasteiger partial charge on any atom is -0.412 e. The highest BCUT2D eigenvalue weighted by molar-refractivity contribution is 7.40. The monoisotopic (exact) mass is 158 g/mol. The zero-order valence-electron chi connectivity index (χ0n) is 5.76. The van der Waals surface area contributed by atoms with Crippen LogP contribution < -0.4 is 5.30 Å². The summed E-state index contributed by atoms with van der Waals surface area (Å²) in [6.07, 6.45) is 0. The van der Waals surface area contributed by atoms with Crippen molar-refractivity contribution in [1.29, 1.82) is 0 Å². The number of aryl methyl sites for hydroxylation is 1. The predicted molar refractivity (Wildman–Crippen MR) is 45.0 cm³/mol. The Morgan fingerprint density at radius 3 is 2.10 bits per heavy atom. The van der Waals surface area contributed by atoms with E-state index in [1.54, 1.807) is 0 Å². The highest BCUT2D eigenvalue weighted by Crippen LogP contribution is 2.03. The van der Waals surface area contributed by atoms with Gasteiger partial charge in [-0.25, -0.2) is 0 Å². The molecule has 1 unspecified atom stereocenters. The molecule has 1 atom stereocenters. The lowest BCUT2D eigenvalue weighted by Gasteiger charge is -1.93. The first-order valence-electron chi connectivity index (χ1n) is 2.79. The summed E-state index contributed by atoms with van der Waals surface area (Å²) in [7, 11) is -0.0736. The molecule has 0 aliphatic rings. The quantitative estimate of drug-likeness (QED) is 0.590. The molecule has 1 aromatic carbocycles. The zero-order valence-corrected chi connectivity index (χ0v) is 6.76. The summed E-state index contributed by atoms with van der Waals surface area (Å²) in [5, 5.41) is 1.00. The molecule has 3 N–H and O–H groups in total. The van der Waals surface area contributed by atoms with Crippen LogP contribution in [0.15, 0.2) is 24.3 Å². The molecule has 1 rings (SSSR count). The molecular weight excluding hydrogens is 147 g/mol. The Hall–Kier alpha value is -0.430. The molecule has 10 heavy (non-hydrogen) atoms. The van der Waals surface area contributed by atoms with Crippen LogP contribution in [0.25, 0.3) is 0 Å². The zero-order chi connectivity index (χ0) is 6.69. The summed E-state index contributed by atoms with van der Waals surface area (Å²) in [6.45, 7) is 2.03. The van der Waals surface area contributed by atoms with Crippen LogP contribution in [0, 0.1) is 6.92 Å². The first-order chi connectivity index (χ1) is 4.33. The van der Waals surface area contributed by atoms with Crippen molar-refractivity contribution in [2.75, 3.05) is 0 Å². The van der Waals surface area contributed by atoms with Crippen molar-refractivity contribution in [3.63, 3.8) is 0 Å². The number of hydrogen-bond donors (Lipinski definition) is 1. The topological polar surface area (TPSA) is 51.7 Å². The highest BCUT2D eigenvalue weighted by Gasteiger charge is 1.86. The number of rotatable bonds is 1. The van der Waals surface area contributed by atoms with Gasteiger partial charge in [0.1, 0.15) is 0 Å². The van der Waals surface area contributed by atoms with E-state index in [1.807, 2.05) is 31.2 Å². The van der Waals surface area contributed by atoms with Crippen LogP contribution in [0.5, 0.6) is 0 Å². The molecule has 0 saturated heterocycles. The van der Waals surface area contributed by atoms with Gasteiger partial charge < -0.3 is 10.4 Å². The molecule has 0 fully saturated rings. The molecule has 0 bridgehead atoms. The molecular formula is C7H11O2P. The van der Waals surface area contributed by atoms with Crippen molar-refractivity contribution in [2.45, 2.75) is 6.92 Å². The standard InChI is InChI=1S/C7H9OP.H2O/c1-6-2-4-7(9-8)5-3-6;/h2-5,8-9H,1H3;1H2. The normalized spacial score (nSPS) is 9.80. The van der Waals surface area contributed by atoms with E-state index in [9.17, 15) is 0 Å². The Kier molecular flexibility index (Phi) is 4.21. The predicted octanol–water partition coefficient (Wildman–Crippen LogP) is 0.381. The Balaban J connectivity index is 0.000000810. The lowest BCUT2D eigenvalue weighted by atomic mass is 10.2. The minimum absolute atomic E-state index is 0. The van der Waals surface area contributed by atoms with Gasteiger partial charge in [0.15, 0.2) is 0 Å². The fourth-order valence-corrected chi connectivity index (χ4v) is 0.944. The van der Waals surface area contributed by atoms with E-state index >= 15 is 0 Å². The van der Waals surface area contributed by atoms with Gasteiger partial charge in [0.05, 0.1) is 0 Å². The lowest BCUT2D eigenvalue weighted by molar-refractivity contribution is 0.655. The second-order valence-electron chi connectivity index (χ2n) is 1.98. The van der Waals surface area contributed by atoms with Crippen molar-refractivity contribution in [1.82, 2.24) is 0 Å². The summed E-state index contributed by atoms with van der Waals surface area (Å²) >= 11 is 0. The van der Waals surface area contributed by atoms with Gasteiger partial charge in [0.25, 0.3) is 0 Å². The van der Waals surface area contributed by atoms with Crippen LogP contribution in [0.3, 0.4) is 0 Å². The molecule has 56 valence electrons. The molecule has 0 amide bonds. The van der Waals surface area contributed by atoms with Crippen LogP contribution in [0.4, 0.5) is 0 Å². The molecule has 2 nitrogen and oxygen atoms in total. The van der Waals surface area contributed by atoms with Crippen molar-refractivity contribution in [2.24, 2.45) is 0 Å². The molecule has 0 aliphatic heterocycles. The third kappa shape index (κ3) is 2.44. The highest BCUT2D eigenvalue weighted by atomic mass is 31.1. The minimum atomic E-state index is -0.0736. The maximum absolute atomic E-state index is 8.66. The van der Waals surface area contributed by atoms with Crippen LogP contribution in [-0.2, 0) is 0 Å². The second-order valence-corrected chi connectivity index (χ2v) is 2.78. The van der Waals surface area contributed by atoms with Crippen molar-refractivity contribution in [3.8, 4) is 0 Å². The number of hydrogen-bond acceptors (Lipinski definition) is 1. The molecule has 0 heterocycles. The maximum atomic E-state index is 8.66. The third-order valence-electron chi connectivity index (χ3n) is 1.18. The van der Waals surface area contributed by atoms with Gasteiger partial charge in [-0.15, -0.1) is 0 Å². The average Bonchev–Trinajstić information content (AvgIpc) is 1.90. The van der Waals surface area contributed by atoms with E-state index < -0.39 is 0 Å². The Labute approximate surface area is 62.1 Å². The SMILES string of the molecule is Cc1ccc(PO)cc1.O. The van der Waals surface area contributed by atoms with E-state index in [-0.39, 0.29) is 14.3 Å². The van der Waals surface area contributed by atoms with Gasteiger partial charge in [-0.1, -0.05) is 29.8 Å². The molecule has 0 spiro atoms. The molecule has 0 aromatic heterocycles. The van der Waals surface area contributed by atoms with Gasteiger partial charge >= 0.3 is 0 Å². The molecule has 0 saturated carbocycles. The second kappa shape index (κ2) is 4.40. The van der Waals surface area contributed by atoms with Gasteiger partial charge in [-0.05, 0) is 12.2 Å². The van der Waals surface area contributed by atoms with E-state index in [0.717, 1.165) is 5.30 Å². The fourth-order valence-electron chi connectivity index (χ4n) is 0.628. The van der Waals surface area contributed by atoms with Gasteiger partial charge in [-0.2, -0.15) is 0 Å². The number of benzene rings is 1. The molecule has 0 radical (unpaired) electrons. The third-order valence-corrected chi connectivity index (χ3v) is 1.77. The smallest absolute Gasteiger partial charge is 0.0420 e. The summed E-state index contributed by atoms with van der Waals surface area (Å²) < 4.78 is 0. The van der Waals surface area contributed by atoms with Crippen LogP contribution in [-0.4, -0.2) is 10.4 Å². The van der Waals surface area contributed by atoms with Crippen molar-refractivity contribution < 1.29 is 10.4 Å². The lowest BCUT2D eigenvalue weighted by Crippen LogP contribution is -1.90. The van der Waals surface area contributed by atoms with Crippen molar-refractivity contribution in [3.05, 3.63) is 29.8 Å². The van der Waals surface area contributed by atoms with Crippen molar-refractivity contribution >= 4 is 14.1 Å². The first-order valence-corrected chi connectivity index (χ1v) is 3.74. The summed E-state index contributed by atoms with van der Waals surface area (Å²) in [5.41, 5.74) is 1.23. The Morgan fingerprint density at radius 1 is 1.20 bits per heavy atom.